The molecule has 1 saturated heterocycles. The fourth-order valence-corrected chi connectivity index (χ4v) is 1.72. The van der Waals surface area contributed by atoms with Gasteiger partial charge in [-0.05, 0) is 18.8 Å². The molecule has 0 bridgehead atoms. The highest BCUT2D eigenvalue weighted by atomic mass is 127. The van der Waals surface area contributed by atoms with Gasteiger partial charge in [-0.3, -0.25) is 0 Å². The second-order valence-corrected chi connectivity index (χ2v) is 3.84. The van der Waals surface area contributed by atoms with Crippen LogP contribution in [0.5, 0.6) is 0 Å². The molecular formula is C6H11IO2S. The highest BCUT2D eigenvalue weighted by Gasteiger charge is 2.13. The minimum absolute atomic E-state index is 0.732. The molecule has 2 nitrogen and oxygen atoms in total. The number of rotatable bonds is 3. The van der Waals surface area contributed by atoms with Crippen LogP contribution in [-0.2, 0) is 8.92 Å². The maximum absolute atomic E-state index is 5.22. The summed E-state index contributed by atoms with van der Waals surface area (Å²) in [5.74, 6) is 0.732. The minimum atomic E-state index is 0.732. The lowest BCUT2D eigenvalue weighted by molar-refractivity contribution is 0.0531. The first kappa shape index (κ1) is 9.09. The summed E-state index contributed by atoms with van der Waals surface area (Å²) in [7, 11) is 1.42. The molecule has 0 aromatic heterocycles. The lowest BCUT2D eigenvalue weighted by Gasteiger charge is -2.20. The fraction of sp³-hybridized carbons (Fsp3) is 1.00. The lowest BCUT2D eigenvalue weighted by atomic mass is 10.0. The Morgan fingerprint density at radius 1 is 1.50 bits per heavy atom. The largest absolute Gasteiger partial charge is 0.381 e. The molecular weight excluding hydrogens is 263 g/mol. The van der Waals surface area contributed by atoms with E-state index in [1.165, 1.54) is 9.21 Å². The van der Waals surface area contributed by atoms with Gasteiger partial charge in [0.1, 0.15) is 0 Å². The molecule has 0 spiro atoms. The van der Waals surface area contributed by atoms with Gasteiger partial charge in [-0.1, -0.05) is 0 Å². The summed E-state index contributed by atoms with van der Waals surface area (Å²) >= 11 is 2.15. The van der Waals surface area contributed by atoms with Crippen LogP contribution in [0.1, 0.15) is 12.8 Å². The normalized spacial score (nSPS) is 21.3. The van der Waals surface area contributed by atoms with Gasteiger partial charge in [-0.2, -0.15) is 0 Å². The van der Waals surface area contributed by atoms with Crippen molar-refractivity contribution in [3.05, 3.63) is 0 Å². The highest BCUT2D eigenvalue weighted by Crippen LogP contribution is 2.19. The molecule has 0 saturated carbocycles. The van der Waals surface area contributed by atoms with Crippen molar-refractivity contribution in [2.24, 2.45) is 5.92 Å². The Kier molecular flexibility index (Phi) is 5.11. The molecule has 0 radical (unpaired) electrons. The molecule has 1 aliphatic rings. The summed E-state index contributed by atoms with van der Waals surface area (Å²) < 4.78 is 10.4. The van der Waals surface area contributed by atoms with Crippen LogP contribution in [0.15, 0.2) is 0 Å². The number of halogens is 1. The zero-order valence-electron chi connectivity index (χ0n) is 5.72. The van der Waals surface area contributed by atoms with Gasteiger partial charge >= 0.3 is 0 Å². The molecule has 10 heavy (non-hydrogen) atoms. The monoisotopic (exact) mass is 274 g/mol. The quantitative estimate of drug-likeness (QED) is 0.581. The third-order valence-corrected chi connectivity index (χ3v) is 2.68. The van der Waals surface area contributed by atoms with E-state index in [9.17, 15) is 0 Å². The maximum atomic E-state index is 5.22. The van der Waals surface area contributed by atoms with Gasteiger partial charge in [0, 0.05) is 34.4 Å². The van der Waals surface area contributed by atoms with E-state index in [1.54, 1.807) is 0 Å². The highest BCUT2D eigenvalue weighted by molar-refractivity contribution is 14.2. The topological polar surface area (TPSA) is 18.5 Å². The van der Waals surface area contributed by atoms with Gasteiger partial charge in [0.05, 0.1) is 15.8 Å². The first-order valence-corrected chi connectivity index (χ1v) is 6.70. The van der Waals surface area contributed by atoms with E-state index in [-0.39, 0.29) is 0 Å². The Balaban J connectivity index is 2.02. The SMILES string of the molecule is ISOCC1CCOCC1. The molecule has 0 aromatic rings. The first-order chi connectivity index (χ1) is 4.93. The van der Waals surface area contributed by atoms with Crippen LogP contribution >= 0.6 is 30.4 Å². The van der Waals surface area contributed by atoms with Crippen LogP contribution in [0.25, 0.3) is 0 Å². The molecule has 60 valence electrons. The van der Waals surface area contributed by atoms with Crippen molar-refractivity contribution < 1.29 is 8.92 Å². The second-order valence-electron chi connectivity index (χ2n) is 2.40. The lowest BCUT2D eigenvalue weighted by Crippen LogP contribution is -2.18. The van der Waals surface area contributed by atoms with E-state index >= 15 is 0 Å². The van der Waals surface area contributed by atoms with Gasteiger partial charge < -0.3 is 8.92 Å². The summed E-state index contributed by atoms with van der Waals surface area (Å²) in [5, 5.41) is 0. The van der Waals surface area contributed by atoms with Crippen LogP contribution in [0.4, 0.5) is 0 Å². The molecule has 0 aliphatic carbocycles. The standard InChI is InChI=1S/C6H11IO2S/c7-10-9-5-6-1-3-8-4-2-6/h6H,1-5H2. The number of hydrogen-bond donors (Lipinski definition) is 0. The van der Waals surface area contributed by atoms with Gasteiger partial charge in [-0.15, -0.1) is 0 Å². The van der Waals surface area contributed by atoms with E-state index in [1.807, 2.05) is 0 Å². The predicted molar refractivity (Wildman–Crippen MR) is 51.1 cm³/mol. The molecule has 0 unspecified atom stereocenters. The summed E-state index contributed by atoms with van der Waals surface area (Å²) in [6, 6.07) is 0. The van der Waals surface area contributed by atoms with Crippen molar-refractivity contribution in [1.82, 2.24) is 0 Å². The fourth-order valence-electron chi connectivity index (χ4n) is 1.04. The molecule has 1 aliphatic heterocycles. The zero-order valence-corrected chi connectivity index (χ0v) is 8.69. The molecule has 1 fully saturated rings. The van der Waals surface area contributed by atoms with Crippen LogP contribution in [0.2, 0.25) is 0 Å². The predicted octanol–water partition coefficient (Wildman–Crippen LogP) is 2.43. The smallest absolute Gasteiger partial charge is 0.0653 e. The summed E-state index contributed by atoms with van der Waals surface area (Å²) in [6.07, 6.45) is 2.33. The first-order valence-electron chi connectivity index (χ1n) is 3.41. The van der Waals surface area contributed by atoms with Gasteiger partial charge in [0.25, 0.3) is 0 Å². The van der Waals surface area contributed by atoms with Gasteiger partial charge in [0.2, 0.25) is 0 Å². The van der Waals surface area contributed by atoms with Crippen molar-refractivity contribution in [3.63, 3.8) is 0 Å². The average Bonchev–Trinajstić information content (AvgIpc) is 2.03. The van der Waals surface area contributed by atoms with Gasteiger partial charge in [-0.25, -0.2) is 0 Å². The zero-order chi connectivity index (χ0) is 7.23. The van der Waals surface area contributed by atoms with E-state index < -0.39 is 0 Å². The number of ether oxygens (including phenoxy) is 1. The van der Waals surface area contributed by atoms with E-state index in [4.69, 9.17) is 8.92 Å². The molecule has 0 aromatic carbocycles. The minimum Gasteiger partial charge on any atom is -0.381 e. The molecule has 1 rings (SSSR count). The van der Waals surface area contributed by atoms with Crippen LogP contribution in [0.3, 0.4) is 0 Å². The van der Waals surface area contributed by atoms with Crippen LogP contribution in [-0.4, -0.2) is 19.8 Å². The van der Waals surface area contributed by atoms with Crippen molar-refractivity contribution in [2.75, 3.05) is 19.8 Å². The molecule has 0 amide bonds. The third-order valence-electron chi connectivity index (χ3n) is 1.69. The van der Waals surface area contributed by atoms with Crippen molar-refractivity contribution >= 4 is 30.4 Å². The van der Waals surface area contributed by atoms with E-state index in [2.05, 4.69) is 21.2 Å². The van der Waals surface area contributed by atoms with E-state index in [0.717, 1.165) is 38.6 Å². The molecule has 0 N–H and O–H groups in total. The Bertz CT molecular complexity index is 85.8. The molecule has 4 heteroatoms. The summed E-state index contributed by atoms with van der Waals surface area (Å²) in [6.45, 7) is 2.72. The van der Waals surface area contributed by atoms with Crippen molar-refractivity contribution in [2.45, 2.75) is 12.8 Å². The Labute approximate surface area is 77.8 Å². The molecule has 1 heterocycles. The average molecular weight is 274 g/mol. The Hall–Kier alpha value is 1.00. The van der Waals surface area contributed by atoms with Crippen molar-refractivity contribution in [3.8, 4) is 0 Å². The Morgan fingerprint density at radius 3 is 2.80 bits per heavy atom. The van der Waals surface area contributed by atoms with Crippen molar-refractivity contribution in [1.29, 1.82) is 0 Å². The number of hydrogen-bond acceptors (Lipinski definition) is 3. The second kappa shape index (κ2) is 5.62. The van der Waals surface area contributed by atoms with E-state index in [0.29, 0.717) is 0 Å². The molecule has 0 atom stereocenters. The summed E-state index contributed by atoms with van der Waals surface area (Å²) in [5.41, 5.74) is 0. The maximum Gasteiger partial charge on any atom is 0.0653 e. The van der Waals surface area contributed by atoms with Crippen LogP contribution in [0, 0.1) is 5.92 Å². The Morgan fingerprint density at radius 2 is 2.20 bits per heavy atom. The summed E-state index contributed by atoms with van der Waals surface area (Å²) in [4.78, 5) is 0. The third kappa shape index (κ3) is 3.41. The van der Waals surface area contributed by atoms with Gasteiger partial charge in [0.15, 0.2) is 0 Å². The van der Waals surface area contributed by atoms with Crippen LogP contribution < -0.4 is 0 Å².